The third kappa shape index (κ3) is 3.70. The van der Waals surface area contributed by atoms with Crippen LogP contribution in [0.15, 0.2) is 24.4 Å². The molecular formula is C15H19Cl2N3O. The molecule has 3 rings (SSSR count). The second-order valence-electron chi connectivity index (χ2n) is 5.19. The Morgan fingerprint density at radius 1 is 1.43 bits per heavy atom. The van der Waals surface area contributed by atoms with Crippen molar-refractivity contribution in [3.05, 3.63) is 35.0 Å². The highest BCUT2D eigenvalue weighted by Gasteiger charge is 2.21. The molecule has 1 aliphatic rings. The number of fused-ring (bicyclic) bond motifs is 1. The largest absolute Gasteiger partial charge is 0.361 e. The van der Waals surface area contributed by atoms with E-state index in [9.17, 15) is 4.79 Å². The highest BCUT2D eigenvalue weighted by atomic mass is 35.5. The quantitative estimate of drug-likeness (QED) is 0.808. The summed E-state index contributed by atoms with van der Waals surface area (Å²) in [5.74, 6) is 0.111. The Balaban J connectivity index is 0.00000161. The number of hydrogen-bond acceptors (Lipinski definition) is 2. The number of amides is 1. The first kappa shape index (κ1) is 16.1. The lowest BCUT2D eigenvalue weighted by atomic mass is 10.1. The number of rotatable bonds is 4. The fourth-order valence-corrected chi connectivity index (χ4v) is 2.88. The van der Waals surface area contributed by atoms with Gasteiger partial charge in [-0.05, 0) is 49.6 Å². The zero-order chi connectivity index (χ0) is 13.9. The van der Waals surface area contributed by atoms with E-state index in [1.54, 1.807) is 0 Å². The van der Waals surface area contributed by atoms with Gasteiger partial charge >= 0.3 is 0 Å². The van der Waals surface area contributed by atoms with Crippen LogP contribution < -0.4 is 10.6 Å². The van der Waals surface area contributed by atoms with Gasteiger partial charge in [0.15, 0.2) is 0 Å². The first-order chi connectivity index (χ1) is 9.74. The average molecular weight is 328 g/mol. The van der Waals surface area contributed by atoms with Crippen molar-refractivity contribution in [2.24, 2.45) is 0 Å². The monoisotopic (exact) mass is 327 g/mol. The van der Waals surface area contributed by atoms with Crippen molar-refractivity contribution in [2.45, 2.75) is 25.3 Å². The molecule has 1 saturated heterocycles. The summed E-state index contributed by atoms with van der Waals surface area (Å²) in [6.45, 7) is 1.59. The Morgan fingerprint density at radius 3 is 3.05 bits per heavy atom. The second-order valence-corrected chi connectivity index (χ2v) is 5.63. The molecule has 0 bridgehead atoms. The van der Waals surface area contributed by atoms with Crippen LogP contribution in [0.3, 0.4) is 0 Å². The van der Waals surface area contributed by atoms with Gasteiger partial charge in [0.05, 0.1) is 6.04 Å². The topological polar surface area (TPSA) is 56.9 Å². The van der Waals surface area contributed by atoms with Crippen molar-refractivity contribution in [1.29, 1.82) is 0 Å². The van der Waals surface area contributed by atoms with Crippen molar-refractivity contribution in [3.63, 3.8) is 0 Å². The Morgan fingerprint density at radius 2 is 2.29 bits per heavy atom. The maximum absolute atomic E-state index is 11.9. The van der Waals surface area contributed by atoms with E-state index in [2.05, 4.69) is 15.6 Å². The van der Waals surface area contributed by atoms with Crippen molar-refractivity contribution in [1.82, 2.24) is 15.6 Å². The maximum atomic E-state index is 11.9. The number of halogens is 2. The first-order valence-electron chi connectivity index (χ1n) is 7.00. The molecule has 1 aliphatic heterocycles. The van der Waals surface area contributed by atoms with Crippen molar-refractivity contribution >= 4 is 40.8 Å². The van der Waals surface area contributed by atoms with Crippen LogP contribution in [0.5, 0.6) is 0 Å². The number of aromatic amines is 1. The van der Waals surface area contributed by atoms with Crippen LogP contribution in [0.4, 0.5) is 0 Å². The molecule has 2 aromatic rings. The van der Waals surface area contributed by atoms with Gasteiger partial charge in [-0.15, -0.1) is 12.4 Å². The number of H-pyrrole nitrogens is 1. The molecule has 21 heavy (non-hydrogen) atoms. The predicted molar refractivity (Wildman–Crippen MR) is 88.3 cm³/mol. The molecule has 3 N–H and O–H groups in total. The molecule has 1 fully saturated rings. The summed E-state index contributed by atoms with van der Waals surface area (Å²) in [6, 6.07) is 5.80. The molecule has 0 saturated carbocycles. The predicted octanol–water partition coefficient (Wildman–Crippen LogP) is 2.65. The Labute approximate surface area is 135 Å². The van der Waals surface area contributed by atoms with Gasteiger partial charge in [-0.25, -0.2) is 0 Å². The zero-order valence-corrected chi connectivity index (χ0v) is 13.2. The van der Waals surface area contributed by atoms with Gasteiger partial charge in [0, 0.05) is 28.7 Å². The molecule has 1 amide bonds. The molecule has 0 spiro atoms. The molecule has 1 unspecified atom stereocenters. The van der Waals surface area contributed by atoms with Crippen LogP contribution in [0.25, 0.3) is 10.9 Å². The molecule has 114 valence electrons. The standard InChI is InChI=1S/C15H18ClN3O.ClH/c16-11-3-4-13-12(8-11)10(9-19-13)5-7-18-15(20)14-2-1-6-17-14;/h3-4,8-9,14,17,19H,1-2,5-7H2,(H,18,20);1H. The van der Waals surface area contributed by atoms with E-state index in [0.29, 0.717) is 6.54 Å². The molecule has 1 aromatic carbocycles. The van der Waals surface area contributed by atoms with Crippen LogP contribution in [0.2, 0.25) is 5.02 Å². The molecule has 4 nitrogen and oxygen atoms in total. The molecular weight excluding hydrogens is 309 g/mol. The third-order valence-corrected chi connectivity index (χ3v) is 4.03. The van der Waals surface area contributed by atoms with Gasteiger partial charge in [0.25, 0.3) is 0 Å². The van der Waals surface area contributed by atoms with E-state index in [1.165, 1.54) is 5.56 Å². The zero-order valence-electron chi connectivity index (χ0n) is 11.6. The van der Waals surface area contributed by atoms with Gasteiger partial charge in [-0.3, -0.25) is 4.79 Å². The SMILES string of the molecule is Cl.O=C(NCCc1c[nH]c2ccc(Cl)cc12)C1CCCN1. The van der Waals surface area contributed by atoms with Gasteiger partial charge in [-0.2, -0.15) is 0 Å². The van der Waals surface area contributed by atoms with Crippen LogP contribution in [0, 0.1) is 0 Å². The minimum atomic E-state index is -0.00702. The highest BCUT2D eigenvalue weighted by molar-refractivity contribution is 6.31. The van der Waals surface area contributed by atoms with Crippen molar-refractivity contribution in [2.75, 3.05) is 13.1 Å². The lowest BCUT2D eigenvalue weighted by molar-refractivity contribution is -0.122. The Hall–Kier alpha value is -1.23. The molecule has 2 heterocycles. The van der Waals surface area contributed by atoms with Crippen LogP contribution in [-0.4, -0.2) is 30.0 Å². The summed E-state index contributed by atoms with van der Waals surface area (Å²) in [7, 11) is 0. The van der Waals surface area contributed by atoms with E-state index in [4.69, 9.17) is 11.6 Å². The third-order valence-electron chi connectivity index (χ3n) is 3.80. The minimum Gasteiger partial charge on any atom is -0.361 e. The normalized spacial score (nSPS) is 17.7. The number of aromatic nitrogens is 1. The second kappa shape index (κ2) is 7.16. The number of carbonyl (C=O) groups excluding carboxylic acids is 1. The lowest BCUT2D eigenvalue weighted by Gasteiger charge is -2.10. The van der Waals surface area contributed by atoms with E-state index >= 15 is 0 Å². The summed E-state index contributed by atoms with van der Waals surface area (Å²) in [5.41, 5.74) is 2.26. The fourth-order valence-electron chi connectivity index (χ4n) is 2.71. The van der Waals surface area contributed by atoms with E-state index < -0.39 is 0 Å². The van der Waals surface area contributed by atoms with Gasteiger partial charge in [0.1, 0.15) is 0 Å². The molecule has 0 aliphatic carbocycles. The van der Waals surface area contributed by atoms with Gasteiger partial charge in [0.2, 0.25) is 5.91 Å². The lowest BCUT2D eigenvalue weighted by Crippen LogP contribution is -2.41. The summed E-state index contributed by atoms with van der Waals surface area (Å²) in [6.07, 6.45) is 4.81. The summed E-state index contributed by atoms with van der Waals surface area (Å²) >= 11 is 6.03. The van der Waals surface area contributed by atoms with Crippen molar-refractivity contribution in [3.8, 4) is 0 Å². The van der Waals surface area contributed by atoms with E-state index in [0.717, 1.165) is 41.7 Å². The van der Waals surface area contributed by atoms with Gasteiger partial charge in [-0.1, -0.05) is 11.6 Å². The number of benzene rings is 1. The van der Waals surface area contributed by atoms with Crippen LogP contribution in [0.1, 0.15) is 18.4 Å². The van der Waals surface area contributed by atoms with Crippen molar-refractivity contribution < 1.29 is 4.79 Å². The molecule has 0 radical (unpaired) electrons. The van der Waals surface area contributed by atoms with E-state index in [1.807, 2.05) is 24.4 Å². The smallest absolute Gasteiger partial charge is 0.237 e. The summed E-state index contributed by atoms with van der Waals surface area (Å²) in [5, 5.41) is 8.06. The molecule has 1 atom stereocenters. The molecule has 1 aromatic heterocycles. The summed E-state index contributed by atoms with van der Waals surface area (Å²) < 4.78 is 0. The van der Waals surface area contributed by atoms with Gasteiger partial charge < -0.3 is 15.6 Å². The minimum absolute atomic E-state index is 0. The molecule has 6 heteroatoms. The number of nitrogens with one attached hydrogen (secondary N) is 3. The summed E-state index contributed by atoms with van der Waals surface area (Å²) in [4.78, 5) is 15.1. The van der Waals surface area contributed by atoms with Crippen LogP contribution >= 0.6 is 24.0 Å². The first-order valence-corrected chi connectivity index (χ1v) is 7.38. The fraction of sp³-hybridized carbons (Fsp3) is 0.400. The number of hydrogen-bond donors (Lipinski definition) is 3. The Bertz CT molecular complexity index is 620. The average Bonchev–Trinajstić information content (AvgIpc) is 3.08. The van der Waals surface area contributed by atoms with E-state index in [-0.39, 0.29) is 24.4 Å². The number of carbonyl (C=O) groups is 1. The maximum Gasteiger partial charge on any atom is 0.237 e. The van der Waals surface area contributed by atoms with Crippen LogP contribution in [-0.2, 0) is 11.2 Å². The Kier molecular flexibility index (Phi) is 5.51. The highest BCUT2D eigenvalue weighted by Crippen LogP contribution is 2.22.